The predicted molar refractivity (Wildman–Crippen MR) is 103 cm³/mol. The number of nitrogens with one attached hydrogen (secondary N) is 1. The molecule has 132 valence electrons. The van der Waals surface area contributed by atoms with Gasteiger partial charge in [0.25, 0.3) is 0 Å². The van der Waals surface area contributed by atoms with Crippen LogP contribution in [0.3, 0.4) is 0 Å². The Balaban J connectivity index is 1.86. The third-order valence-corrected chi connectivity index (χ3v) is 4.64. The van der Waals surface area contributed by atoms with Crippen LogP contribution in [0, 0.1) is 6.92 Å². The van der Waals surface area contributed by atoms with Crippen LogP contribution in [-0.4, -0.2) is 24.2 Å². The van der Waals surface area contributed by atoms with E-state index in [1.165, 1.54) is 11.8 Å². The van der Waals surface area contributed by atoms with Crippen LogP contribution in [0.15, 0.2) is 42.5 Å². The van der Waals surface area contributed by atoms with Crippen molar-refractivity contribution >= 4 is 40.9 Å². The summed E-state index contributed by atoms with van der Waals surface area (Å²) in [6, 6.07) is 12.7. The van der Waals surface area contributed by atoms with E-state index in [0.717, 1.165) is 16.9 Å². The summed E-state index contributed by atoms with van der Waals surface area (Å²) in [6.45, 7) is 3.94. The maximum atomic E-state index is 12.1. The number of rotatable bonds is 7. The largest absolute Gasteiger partial charge is 0.462 e. The van der Waals surface area contributed by atoms with Gasteiger partial charge in [0.2, 0.25) is 5.91 Å². The van der Waals surface area contributed by atoms with Gasteiger partial charge in [-0.05, 0) is 55.3 Å². The normalized spacial score (nSPS) is 10.4. The van der Waals surface area contributed by atoms with E-state index in [1.807, 2.05) is 31.2 Å². The minimum atomic E-state index is -0.361. The molecule has 0 saturated carbocycles. The summed E-state index contributed by atoms with van der Waals surface area (Å²) in [5.74, 6) is 0.611. The van der Waals surface area contributed by atoms with E-state index >= 15 is 0 Å². The van der Waals surface area contributed by atoms with Crippen molar-refractivity contribution in [2.24, 2.45) is 0 Å². The number of benzene rings is 2. The molecule has 0 atom stereocenters. The van der Waals surface area contributed by atoms with Gasteiger partial charge in [-0.3, -0.25) is 4.79 Å². The van der Waals surface area contributed by atoms with Crippen molar-refractivity contribution in [1.29, 1.82) is 0 Å². The van der Waals surface area contributed by atoms with Crippen molar-refractivity contribution in [3.63, 3.8) is 0 Å². The molecule has 1 N–H and O–H groups in total. The highest BCUT2D eigenvalue weighted by molar-refractivity contribution is 7.99. The maximum Gasteiger partial charge on any atom is 0.338 e. The molecule has 0 bridgehead atoms. The Labute approximate surface area is 156 Å². The zero-order valence-corrected chi connectivity index (χ0v) is 15.7. The first-order valence-corrected chi connectivity index (χ1v) is 9.42. The minimum absolute atomic E-state index is 0.0842. The van der Waals surface area contributed by atoms with Gasteiger partial charge in [0, 0.05) is 16.5 Å². The summed E-state index contributed by atoms with van der Waals surface area (Å²) >= 11 is 7.46. The molecule has 0 aliphatic carbocycles. The Morgan fingerprint density at radius 1 is 1.20 bits per heavy atom. The lowest BCUT2D eigenvalue weighted by Crippen LogP contribution is -2.15. The average molecular weight is 378 g/mol. The van der Waals surface area contributed by atoms with Crippen molar-refractivity contribution in [1.82, 2.24) is 0 Å². The average Bonchev–Trinajstić information content (AvgIpc) is 2.57. The van der Waals surface area contributed by atoms with E-state index in [4.69, 9.17) is 16.3 Å². The van der Waals surface area contributed by atoms with E-state index in [1.54, 1.807) is 25.1 Å². The Bertz CT molecular complexity index is 764. The van der Waals surface area contributed by atoms with Crippen LogP contribution >= 0.6 is 23.4 Å². The first-order chi connectivity index (χ1) is 12.0. The van der Waals surface area contributed by atoms with Crippen LogP contribution in [0.4, 0.5) is 5.69 Å². The summed E-state index contributed by atoms with van der Waals surface area (Å²) in [6.07, 6.45) is 0. The summed E-state index contributed by atoms with van der Waals surface area (Å²) < 4.78 is 4.97. The highest BCUT2D eigenvalue weighted by atomic mass is 35.5. The van der Waals surface area contributed by atoms with Crippen LogP contribution in [0.1, 0.15) is 28.4 Å². The van der Waals surface area contributed by atoms with Gasteiger partial charge in [-0.15, -0.1) is 11.8 Å². The summed E-state index contributed by atoms with van der Waals surface area (Å²) in [4.78, 5) is 23.8. The van der Waals surface area contributed by atoms with Crippen molar-refractivity contribution in [2.45, 2.75) is 19.6 Å². The highest BCUT2D eigenvalue weighted by Crippen LogP contribution is 2.19. The van der Waals surface area contributed by atoms with Crippen molar-refractivity contribution in [3.05, 3.63) is 64.2 Å². The monoisotopic (exact) mass is 377 g/mol. The second kappa shape index (κ2) is 9.49. The molecular formula is C19H20ClNO3S. The van der Waals surface area contributed by atoms with Crippen LogP contribution < -0.4 is 5.32 Å². The molecule has 0 aliphatic heterocycles. The molecule has 0 aromatic heterocycles. The second-order valence-electron chi connectivity index (χ2n) is 5.42. The second-order valence-corrected chi connectivity index (χ2v) is 6.84. The molecule has 0 aliphatic rings. The molecule has 4 nitrogen and oxygen atoms in total. The van der Waals surface area contributed by atoms with Gasteiger partial charge in [0.1, 0.15) is 0 Å². The Hall–Kier alpha value is -1.98. The van der Waals surface area contributed by atoms with Gasteiger partial charge < -0.3 is 10.1 Å². The highest BCUT2D eigenvalue weighted by Gasteiger charge is 2.10. The lowest BCUT2D eigenvalue weighted by atomic mass is 10.1. The Kier molecular flexibility index (Phi) is 7.34. The van der Waals surface area contributed by atoms with E-state index in [-0.39, 0.29) is 11.9 Å². The topological polar surface area (TPSA) is 55.4 Å². The fourth-order valence-corrected chi connectivity index (χ4v) is 3.21. The molecule has 2 aromatic carbocycles. The van der Waals surface area contributed by atoms with Crippen molar-refractivity contribution in [3.8, 4) is 0 Å². The third kappa shape index (κ3) is 6.11. The molecule has 2 rings (SSSR count). The molecule has 2 aromatic rings. The number of ether oxygens (including phenoxy) is 1. The molecule has 0 spiro atoms. The molecule has 0 unspecified atom stereocenters. The smallest absolute Gasteiger partial charge is 0.338 e. The standard InChI is InChI=1S/C19H20ClNO3S/c1-3-24-19(23)15-7-8-17(13(2)9-15)21-18(22)12-25-11-14-5-4-6-16(20)10-14/h4-10H,3,11-12H2,1-2H3,(H,21,22). The van der Waals surface area contributed by atoms with Gasteiger partial charge in [0.15, 0.2) is 0 Å². The quantitative estimate of drug-likeness (QED) is 0.711. The number of carbonyl (C=O) groups excluding carboxylic acids is 2. The van der Waals surface area contributed by atoms with Crippen molar-refractivity contribution in [2.75, 3.05) is 17.7 Å². The molecule has 1 amide bonds. The van der Waals surface area contributed by atoms with E-state index in [0.29, 0.717) is 28.6 Å². The zero-order valence-electron chi connectivity index (χ0n) is 14.2. The van der Waals surface area contributed by atoms with Crippen LogP contribution in [-0.2, 0) is 15.3 Å². The molecule has 6 heteroatoms. The number of esters is 1. The third-order valence-electron chi connectivity index (χ3n) is 3.40. The molecule has 0 radical (unpaired) electrons. The number of aryl methyl sites for hydroxylation is 1. The van der Waals surface area contributed by atoms with Crippen LogP contribution in [0.25, 0.3) is 0 Å². The fourth-order valence-electron chi connectivity index (χ4n) is 2.22. The number of anilines is 1. The van der Waals surface area contributed by atoms with Gasteiger partial charge in [-0.2, -0.15) is 0 Å². The Morgan fingerprint density at radius 3 is 2.68 bits per heavy atom. The predicted octanol–water partition coefficient (Wildman–Crippen LogP) is 4.70. The first-order valence-electron chi connectivity index (χ1n) is 7.89. The fraction of sp³-hybridized carbons (Fsp3) is 0.263. The lowest BCUT2D eigenvalue weighted by molar-refractivity contribution is -0.113. The number of amides is 1. The number of halogens is 1. The molecule has 0 saturated heterocycles. The SMILES string of the molecule is CCOC(=O)c1ccc(NC(=O)CSCc2cccc(Cl)c2)c(C)c1. The van der Waals surface area contributed by atoms with E-state index in [2.05, 4.69) is 5.32 Å². The van der Waals surface area contributed by atoms with Crippen molar-refractivity contribution < 1.29 is 14.3 Å². The van der Waals surface area contributed by atoms with Crippen LogP contribution in [0.5, 0.6) is 0 Å². The summed E-state index contributed by atoms with van der Waals surface area (Å²) in [5.41, 5.74) is 3.08. The summed E-state index contributed by atoms with van der Waals surface area (Å²) in [5, 5.41) is 3.56. The lowest BCUT2D eigenvalue weighted by Gasteiger charge is -2.10. The Morgan fingerprint density at radius 2 is 2.00 bits per heavy atom. The minimum Gasteiger partial charge on any atom is -0.462 e. The molecular weight excluding hydrogens is 358 g/mol. The number of hydrogen-bond acceptors (Lipinski definition) is 4. The van der Waals surface area contributed by atoms with Gasteiger partial charge in [0.05, 0.1) is 17.9 Å². The number of hydrogen-bond donors (Lipinski definition) is 1. The molecule has 0 heterocycles. The van der Waals surface area contributed by atoms with Crippen LogP contribution in [0.2, 0.25) is 5.02 Å². The van der Waals surface area contributed by atoms with Gasteiger partial charge in [-0.1, -0.05) is 23.7 Å². The maximum absolute atomic E-state index is 12.1. The number of carbonyl (C=O) groups is 2. The zero-order chi connectivity index (χ0) is 18.2. The number of thioether (sulfide) groups is 1. The van der Waals surface area contributed by atoms with E-state index < -0.39 is 0 Å². The first kappa shape index (κ1) is 19.3. The van der Waals surface area contributed by atoms with E-state index in [9.17, 15) is 9.59 Å². The molecule has 25 heavy (non-hydrogen) atoms. The molecule has 0 fully saturated rings. The van der Waals surface area contributed by atoms with Gasteiger partial charge >= 0.3 is 5.97 Å². The van der Waals surface area contributed by atoms with Gasteiger partial charge in [-0.25, -0.2) is 4.79 Å². The summed E-state index contributed by atoms with van der Waals surface area (Å²) in [7, 11) is 0.